The van der Waals surface area contributed by atoms with Crippen molar-refractivity contribution in [2.45, 2.75) is 19.4 Å². The van der Waals surface area contributed by atoms with Crippen LogP contribution >= 0.6 is 11.3 Å². The van der Waals surface area contributed by atoms with Crippen molar-refractivity contribution in [2.24, 2.45) is 0 Å². The van der Waals surface area contributed by atoms with Gasteiger partial charge in [-0.3, -0.25) is 0 Å². The normalized spacial score (nSPS) is 10.9. The molecule has 19 heavy (non-hydrogen) atoms. The lowest BCUT2D eigenvalue weighted by atomic mass is 10.3. The Morgan fingerprint density at radius 1 is 1.26 bits per heavy atom. The smallest absolute Gasteiger partial charge is 0.147 e. The van der Waals surface area contributed by atoms with E-state index >= 15 is 0 Å². The Balaban J connectivity index is 1.48. The van der Waals surface area contributed by atoms with Gasteiger partial charge in [0.1, 0.15) is 12.1 Å². The summed E-state index contributed by atoms with van der Waals surface area (Å²) in [6.45, 7) is 1.94. The molecule has 0 amide bonds. The maximum Gasteiger partial charge on any atom is 0.147 e. The minimum Gasteiger partial charge on any atom is -0.369 e. The average Bonchev–Trinajstić information content (AvgIpc) is 3.09. The lowest BCUT2D eigenvalue weighted by Gasteiger charge is -2.06. The summed E-state index contributed by atoms with van der Waals surface area (Å²) in [7, 11) is 0. The number of rotatable bonds is 6. The van der Waals surface area contributed by atoms with E-state index in [0.717, 1.165) is 42.0 Å². The van der Waals surface area contributed by atoms with Gasteiger partial charge in [-0.15, -0.1) is 11.3 Å². The fraction of sp³-hybridized carbons (Fsp3) is 0.308. The van der Waals surface area contributed by atoms with Crippen LogP contribution in [0.3, 0.4) is 0 Å². The quantitative estimate of drug-likeness (QED) is 0.702. The molecule has 0 aliphatic carbocycles. The molecule has 0 bridgehead atoms. The number of thiophene rings is 1. The molecule has 0 unspecified atom stereocenters. The zero-order chi connectivity index (χ0) is 12.9. The van der Waals surface area contributed by atoms with E-state index in [1.165, 1.54) is 0 Å². The summed E-state index contributed by atoms with van der Waals surface area (Å²) in [5, 5.41) is 5.43. The first-order valence-corrected chi connectivity index (χ1v) is 7.19. The largest absolute Gasteiger partial charge is 0.369 e. The van der Waals surface area contributed by atoms with Gasteiger partial charge in [0.05, 0.1) is 16.5 Å². The third-order valence-electron chi connectivity index (χ3n) is 2.94. The van der Waals surface area contributed by atoms with Gasteiger partial charge in [-0.2, -0.15) is 0 Å². The summed E-state index contributed by atoms with van der Waals surface area (Å²) in [6.07, 6.45) is 9.51. The van der Waals surface area contributed by atoms with Crippen LogP contribution in [0.5, 0.6) is 0 Å². The van der Waals surface area contributed by atoms with Gasteiger partial charge in [-0.1, -0.05) is 0 Å². The summed E-state index contributed by atoms with van der Waals surface area (Å²) in [4.78, 5) is 12.6. The molecule has 0 fully saturated rings. The summed E-state index contributed by atoms with van der Waals surface area (Å²) in [5.41, 5.74) is 1.01. The third-order valence-corrected chi connectivity index (χ3v) is 3.85. The number of hydrogen-bond donors (Lipinski definition) is 1. The fourth-order valence-electron chi connectivity index (χ4n) is 1.96. The predicted octanol–water partition coefficient (Wildman–Crippen LogP) is 2.78. The fourth-order valence-corrected chi connectivity index (χ4v) is 2.77. The first kappa shape index (κ1) is 12.1. The summed E-state index contributed by atoms with van der Waals surface area (Å²) in [6, 6.07) is 2.02. The Hall–Kier alpha value is -1.95. The molecule has 0 radical (unpaired) electrons. The van der Waals surface area contributed by atoms with E-state index in [9.17, 15) is 0 Å². The van der Waals surface area contributed by atoms with Crippen molar-refractivity contribution in [3.63, 3.8) is 0 Å². The third kappa shape index (κ3) is 2.90. The Morgan fingerprint density at radius 2 is 2.26 bits per heavy atom. The molecular weight excluding hydrogens is 258 g/mol. The maximum atomic E-state index is 4.30. The molecule has 0 aliphatic heterocycles. The molecule has 0 spiro atoms. The van der Waals surface area contributed by atoms with Crippen molar-refractivity contribution >= 4 is 27.4 Å². The molecular formula is C13H15N5S. The number of aryl methyl sites for hydroxylation is 1. The second kappa shape index (κ2) is 5.79. The second-order valence-electron chi connectivity index (χ2n) is 4.29. The summed E-state index contributed by atoms with van der Waals surface area (Å²) < 4.78 is 3.24. The van der Waals surface area contributed by atoms with Gasteiger partial charge in [0, 0.05) is 25.5 Å². The van der Waals surface area contributed by atoms with Gasteiger partial charge in [-0.05, 0) is 24.3 Å². The monoisotopic (exact) mass is 273 g/mol. The highest BCUT2D eigenvalue weighted by Gasteiger charge is 2.03. The Morgan fingerprint density at radius 3 is 3.16 bits per heavy atom. The predicted molar refractivity (Wildman–Crippen MR) is 77.4 cm³/mol. The van der Waals surface area contributed by atoms with Crippen molar-refractivity contribution in [3.05, 3.63) is 36.5 Å². The Labute approximate surface area is 115 Å². The van der Waals surface area contributed by atoms with Crippen molar-refractivity contribution in [1.82, 2.24) is 19.5 Å². The lowest BCUT2D eigenvalue weighted by Crippen LogP contribution is -2.05. The number of unbranched alkanes of at least 4 members (excludes halogenated alkanes) is 1. The Bertz CT molecular complexity index is 631. The average molecular weight is 273 g/mol. The molecule has 3 rings (SSSR count). The SMILES string of the molecule is c1cn(CCCCNc2ncnc3ccsc23)cn1. The van der Waals surface area contributed by atoms with Crippen LogP contribution in [0, 0.1) is 0 Å². The van der Waals surface area contributed by atoms with Crippen LogP contribution in [0.1, 0.15) is 12.8 Å². The summed E-state index contributed by atoms with van der Waals surface area (Å²) >= 11 is 1.68. The van der Waals surface area contributed by atoms with Crippen LogP contribution in [-0.4, -0.2) is 26.1 Å². The first-order chi connectivity index (χ1) is 9.43. The van der Waals surface area contributed by atoms with E-state index in [2.05, 4.69) is 24.8 Å². The highest BCUT2D eigenvalue weighted by atomic mass is 32.1. The first-order valence-electron chi connectivity index (χ1n) is 6.31. The number of aromatic nitrogens is 4. The highest BCUT2D eigenvalue weighted by Crippen LogP contribution is 2.24. The minimum absolute atomic E-state index is 0.929. The van der Waals surface area contributed by atoms with E-state index < -0.39 is 0 Å². The van der Waals surface area contributed by atoms with Gasteiger partial charge in [0.25, 0.3) is 0 Å². The molecule has 0 saturated carbocycles. The van der Waals surface area contributed by atoms with Crippen molar-refractivity contribution in [2.75, 3.05) is 11.9 Å². The van der Waals surface area contributed by atoms with Crippen LogP contribution in [0.15, 0.2) is 36.5 Å². The number of nitrogens with one attached hydrogen (secondary N) is 1. The molecule has 0 aliphatic rings. The molecule has 3 aromatic rings. The van der Waals surface area contributed by atoms with Gasteiger partial charge in [0.2, 0.25) is 0 Å². The van der Waals surface area contributed by atoms with Crippen LogP contribution < -0.4 is 5.32 Å². The van der Waals surface area contributed by atoms with Gasteiger partial charge >= 0.3 is 0 Å². The van der Waals surface area contributed by atoms with E-state index in [1.807, 2.05) is 30.2 Å². The van der Waals surface area contributed by atoms with E-state index in [0.29, 0.717) is 0 Å². The van der Waals surface area contributed by atoms with E-state index in [4.69, 9.17) is 0 Å². The molecule has 0 saturated heterocycles. The molecule has 3 heterocycles. The zero-order valence-corrected chi connectivity index (χ0v) is 11.3. The highest BCUT2D eigenvalue weighted by molar-refractivity contribution is 7.17. The van der Waals surface area contributed by atoms with Crippen LogP contribution in [0.25, 0.3) is 10.2 Å². The number of anilines is 1. The zero-order valence-electron chi connectivity index (χ0n) is 10.5. The van der Waals surface area contributed by atoms with Crippen molar-refractivity contribution < 1.29 is 0 Å². The molecule has 0 aromatic carbocycles. The number of hydrogen-bond acceptors (Lipinski definition) is 5. The Kier molecular flexibility index (Phi) is 3.69. The van der Waals surface area contributed by atoms with Gasteiger partial charge in [0.15, 0.2) is 0 Å². The van der Waals surface area contributed by atoms with E-state index in [1.54, 1.807) is 17.7 Å². The standard InChI is InChI=1S/C13H15N5S/c1(2-6-18-7-5-14-10-18)4-15-13-12-11(3-8-19-12)16-9-17-13/h3,5,7-10H,1-2,4,6H2,(H,15,16,17). The van der Waals surface area contributed by atoms with Gasteiger partial charge in [-0.25, -0.2) is 15.0 Å². The molecule has 1 N–H and O–H groups in total. The lowest BCUT2D eigenvalue weighted by molar-refractivity contribution is 0.621. The number of fused-ring (bicyclic) bond motifs is 1. The minimum atomic E-state index is 0.929. The topological polar surface area (TPSA) is 55.6 Å². The van der Waals surface area contributed by atoms with Crippen LogP contribution in [0.4, 0.5) is 5.82 Å². The van der Waals surface area contributed by atoms with Crippen LogP contribution in [-0.2, 0) is 6.54 Å². The number of nitrogens with zero attached hydrogens (tertiary/aromatic N) is 4. The molecule has 0 atom stereocenters. The van der Waals surface area contributed by atoms with Crippen molar-refractivity contribution in [1.29, 1.82) is 0 Å². The molecule has 3 aromatic heterocycles. The number of imidazole rings is 1. The maximum absolute atomic E-state index is 4.30. The summed E-state index contributed by atoms with van der Waals surface area (Å²) in [5.74, 6) is 0.947. The molecule has 5 nitrogen and oxygen atoms in total. The van der Waals surface area contributed by atoms with Crippen LogP contribution in [0.2, 0.25) is 0 Å². The van der Waals surface area contributed by atoms with Gasteiger partial charge < -0.3 is 9.88 Å². The van der Waals surface area contributed by atoms with Crippen molar-refractivity contribution in [3.8, 4) is 0 Å². The van der Waals surface area contributed by atoms with E-state index in [-0.39, 0.29) is 0 Å². The molecule has 98 valence electrons. The second-order valence-corrected chi connectivity index (χ2v) is 5.21. The molecule has 6 heteroatoms.